The van der Waals surface area contributed by atoms with Gasteiger partial charge in [0.05, 0.1) is 0 Å². The predicted octanol–water partition coefficient (Wildman–Crippen LogP) is 2.65. The van der Waals surface area contributed by atoms with E-state index in [2.05, 4.69) is 11.1 Å². The molecule has 1 fully saturated rings. The Bertz CT molecular complexity index is 510. The van der Waals surface area contributed by atoms with Crippen molar-refractivity contribution in [3.05, 3.63) is 29.6 Å². The van der Waals surface area contributed by atoms with Gasteiger partial charge in [0.2, 0.25) is 0 Å². The summed E-state index contributed by atoms with van der Waals surface area (Å²) in [6.45, 7) is 8.98. The molecule has 2 rings (SSSR count). The van der Waals surface area contributed by atoms with Crippen LogP contribution < -0.4 is 5.73 Å². The van der Waals surface area contributed by atoms with Crippen molar-refractivity contribution in [3.8, 4) is 0 Å². The van der Waals surface area contributed by atoms with E-state index in [0.29, 0.717) is 13.1 Å². The number of pyridine rings is 1. The van der Waals surface area contributed by atoms with Gasteiger partial charge < -0.3 is 15.4 Å². The van der Waals surface area contributed by atoms with Gasteiger partial charge in [-0.1, -0.05) is 6.07 Å². The molecular weight excluding hydrogens is 266 g/mol. The minimum Gasteiger partial charge on any atom is -0.444 e. The highest BCUT2D eigenvalue weighted by atomic mass is 16.6. The minimum atomic E-state index is -0.461. The Labute approximate surface area is 126 Å². The predicted molar refractivity (Wildman–Crippen MR) is 81.8 cm³/mol. The third-order valence-electron chi connectivity index (χ3n) is 3.67. The minimum absolute atomic E-state index is 0.0927. The van der Waals surface area contributed by atoms with Gasteiger partial charge in [0.15, 0.2) is 0 Å². The average Bonchev–Trinajstić information content (AvgIpc) is 2.85. The van der Waals surface area contributed by atoms with Crippen LogP contribution in [0.1, 0.15) is 44.4 Å². The largest absolute Gasteiger partial charge is 0.444 e. The lowest BCUT2D eigenvalue weighted by atomic mass is 9.93. The summed E-state index contributed by atoms with van der Waals surface area (Å²) in [5, 5.41) is 0. The maximum absolute atomic E-state index is 12.1. The van der Waals surface area contributed by atoms with E-state index in [1.807, 2.05) is 40.1 Å². The highest BCUT2D eigenvalue weighted by Gasteiger charge is 2.33. The van der Waals surface area contributed by atoms with Gasteiger partial charge in [0.25, 0.3) is 0 Å². The van der Waals surface area contributed by atoms with Crippen molar-refractivity contribution in [2.24, 2.45) is 11.7 Å². The van der Waals surface area contributed by atoms with Crippen LogP contribution >= 0.6 is 0 Å². The smallest absolute Gasteiger partial charge is 0.410 e. The summed E-state index contributed by atoms with van der Waals surface area (Å²) < 4.78 is 5.41. The SMILES string of the molecule is Cc1cncc(C(N)C2CCN(C(=O)OC(C)(C)C)C2)c1. The number of hydrogen-bond acceptors (Lipinski definition) is 4. The normalized spacial score (nSPS) is 20.4. The zero-order chi connectivity index (χ0) is 15.6. The van der Waals surface area contributed by atoms with E-state index in [-0.39, 0.29) is 18.1 Å². The van der Waals surface area contributed by atoms with Crippen LogP contribution in [0.3, 0.4) is 0 Å². The molecule has 1 aromatic rings. The van der Waals surface area contributed by atoms with Crippen LogP contribution in [0.15, 0.2) is 18.5 Å². The number of nitrogens with zero attached hydrogens (tertiary/aromatic N) is 2. The molecule has 0 bridgehead atoms. The zero-order valence-electron chi connectivity index (χ0n) is 13.3. The van der Waals surface area contributed by atoms with Crippen molar-refractivity contribution in [2.45, 2.75) is 45.8 Å². The zero-order valence-corrected chi connectivity index (χ0v) is 13.3. The van der Waals surface area contributed by atoms with E-state index < -0.39 is 5.60 Å². The van der Waals surface area contributed by atoms with E-state index in [9.17, 15) is 4.79 Å². The molecule has 2 heterocycles. The molecule has 5 nitrogen and oxygen atoms in total. The monoisotopic (exact) mass is 291 g/mol. The Hall–Kier alpha value is -1.62. The molecule has 0 aromatic carbocycles. The van der Waals surface area contributed by atoms with E-state index in [4.69, 9.17) is 10.5 Å². The highest BCUT2D eigenvalue weighted by Crippen LogP contribution is 2.29. The summed E-state index contributed by atoms with van der Waals surface area (Å²) in [5.41, 5.74) is 8.01. The van der Waals surface area contributed by atoms with Crippen molar-refractivity contribution >= 4 is 6.09 Å². The number of aryl methyl sites for hydroxylation is 1. The molecule has 21 heavy (non-hydrogen) atoms. The standard InChI is InChI=1S/C16H25N3O2/c1-11-7-13(9-18-8-11)14(17)12-5-6-19(10-12)15(20)21-16(2,3)4/h7-9,12,14H,5-6,10,17H2,1-4H3. The van der Waals surface area contributed by atoms with Crippen molar-refractivity contribution in [2.75, 3.05) is 13.1 Å². The topological polar surface area (TPSA) is 68.5 Å². The van der Waals surface area contributed by atoms with E-state index in [1.54, 1.807) is 4.90 Å². The van der Waals surface area contributed by atoms with Crippen LogP contribution in [0.25, 0.3) is 0 Å². The summed E-state index contributed by atoms with van der Waals surface area (Å²) in [6, 6.07) is 1.97. The van der Waals surface area contributed by atoms with E-state index >= 15 is 0 Å². The molecule has 1 saturated heterocycles. The Kier molecular flexibility index (Phi) is 4.52. The van der Waals surface area contributed by atoms with Gasteiger partial charge in [-0.15, -0.1) is 0 Å². The van der Waals surface area contributed by atoms with E-state index in [1.165, 1.54) is 0 Å². The number of nitrogens with two attached hydrogens (primary N) is 1. The molecule has 5 heteroatoms. The van der Waals surface area contributed by atoms with Crippen LogP contribution in [0, 0.1) is 12.8 Å². The molecule has 0 saturated carbocycles. The summed E-state index contributed by atoms with van der Waals surface area (Å²) in [4.78, 5) is 18.0. The fraction of sp³-hybridized carbons (Fsp3) is 0.625. The van der Waals surface area contributed by atoms with Crippen LogP contribution in [0.4, 0.5) is 4.79 Å². The maximum atomic E-state index is 12.1. The first kappa shape index (κ1) is 15.8. The molecule has 1 amide bonds. The second kappa shape index (κ2) is 6.02. The number of carbonyl (C=O) groups excluding carboxylic acids is 1. The van der Waals surface area contributed by atoms with Crippen LogP contribution in [0.5, 0.6) is 0 Å². The van der Waals surface area contributed by atoms with Gasteiger partial charge in [-0.05, 0) is 51.2 Å². The Morgan fingerprint density at radius 3 is 2.81 bits per heavy atom. The van der Waals surface area contributed by atoms with Crippen LogP contribution in [0.2, 0.25) is 0 Å². The van der Waals surface area contributed by atoms with Gasteiger partial charge >= 0.3 is 6.09 Å². The lowest BCUT2D eigenvalue weighted by molar-refractivity contribution is 0.0286. The second-order valence-corrected chi connectivity index (χ2v) is 6.80. The molecule has 0 spiro atoms. The van der Waals surface area contributed by atoms with Gasteiger partial charge in [-0.2, -0.15) is 0 Å². The molecular formula is C16H25N3O2. The maximum Gasteiger partial charge on any atom is 0.410 e. The molecule has 1 aliphatic rings. The first-order valence-electron chi connectivity index (χ1n) is 7.41. The molecule has 2 unspecified atom stereocenters. The quantitative estimate of drug-likeness (QED) is 0.909. The van der Waals surface area contributed by atoms with Crippen molar-refractivity contribution in [1.29, 1.82) is 0 Å². The Morgan fingerprint density at radius 1 is 1.48 bits per heavy atom. The Balaban J connectivity index is 1.97. The fourth-order valence-corrected chi connectivity index (χ4v) is 2.61. The lowest BCUT2D eigenvalue weighted by Gasteiger charge is -2.25. The molecule has 0 aliphatic carbocycles. The van der Waals surface area contributed by atoms with Gasteiger partial charge in [-0.25, -0.2) is 4.79 Å². The van der Waals surface area contributed by atoms with Crippen LogP contribution in [-0.4, -0.2) is 34.7 Å². The Morgan fingerprint density at radius 2 is 2.19 bits per heavy atom. The number of aromatic nitrogens is 1. The number of hydrogen-bond donors (Lipinski definition) is 1. The van der Waals surface area contributed by atoms with Gasteiger partial charge in [0, 0.05) is 31.5 Å². The molecule has 116 valence electrons. The molecule has 2 atom stereocenters. The number of likely N-dealkylation sites (tertiary alicyclic amines) is 1. The van der Waals surface area contributed by atoms with Crippen LogP contribution in [-0.2, 0) is 4.74 Å². The number of ether oxygens (including phenoxy) is 1. The van der Waals surface area contributed by atoms with Crippen molar-refractivity contribution in [3.63, 3.8) is 0 Å². The molecule has 1 aromatic heterocycles. The number of rotatable bonds is 2. The summed E-state index contributed by atoms with van der Waals surface area (Å²) in [7, 11) is 0. The van der Waals surface area contributed by atoms with Crippen molar-refractivity contribution < 1.29 is 9.53 Å². The van der Waals surface area contributed by atoms with Gasteiger partial charge in [-0.3, -0.25) is 4.98 Å². The first-order valence-corrected chi connectivity index (χ1v) is 7.41. The average molecular weight is 291 g/mol. The second-order valence-electron chi connectivity index (χ2n) is 6.80. The summed E-state index contributed by atoms with van der Waals surface area (Å²) in [5.74, 6) is 0.251. The summed E-state index contributed by atoms with van der Waals surface area (Å²) in [6.07, 6.45) is 4.28. The van der Waals surface area contributed by atoms with E-state index in [0.717, 1.165) is 17.5 Å². The number of carbonyl (C=O) groups is 1. The number of amides is 1. The van der Waals surface area contributed by atoms with Crippen molar-refractivity contribution in [1.82, 2.24) is 9.88 Å². The third-order valence-corrected chi connectivity index (χ3v) is 3.67. The molecule has 1 aliphatic heterocycles. The molecule has 0 radical (unpaired) electrons. The summed E-state index contributed by atoms with van der Waals surface area (Å²) >= 11 is 0. The van der Waals surface area contributed by atoms with Gasteiger partial charge in [0.1, 0.15) is 5.60 Å². The lowest BCUT2D eigenvalue weighted by Crippen LogP contribution is -2.36. The third kappa shape index (κ3) is 4.17. The first-order chi connectivity index (χ1) is 9.76. The highest BCUT2D eigenvalue weighted by molar-refractivity contribution is 5.68. The molecule has 2 N–H and O–H groups in total. The fourth-order valence-electron chi connectivity index (χ4n) is 2.61.